The average molecular weight is 296 g/mol. The number of rotatable bonds is 2. The summed E-state index contributed by atoms with van der Waals surface area (Å²) in [4.78, 5) is 3.30. The quantitative estimate of drug-likeness (QED) is 0.775. The lowest BCUT2D eigenvalue weighted by atomic mass is 10.1. The predicted octanol–water partition coefficient (Wildman–Crippen LogP) is 4.30. The molecule has 1 aromatic heterocycles. The molecule has 1 radical (unpaired) electrons. The molecule has 2 aromatic rings. The summed E-state index contributed by atoms with van der Waals surface area (Å²) in [7, 11) is 0. The van der Waals surface area contributed by atoms with Crippen molar-refractivity contribution in [2.45, 2.75) is 12.4 Å². The van der Waals surface area contributed by atoms with E-state index in [-0.39, 0.29) is 6.07 Å². The summed E-state index contributed by atoms with van der Waals surface area (Å²) in [5, 5.41) is 0. The number of hydrogen-bond donors (Lipinski definition) is 0. The average Bonchev–Trinajstić information content (AvgIpc) is 2.79. The van der Waals surface area contributed by atoms with Crippen molar-refractivity contribution in [3.63, 3.8) is 0 Å². The lowest BCUT2D eigenvalue weighted by Crippen LogP contribution is -2.11. The minimum absolute atomic E-state index is 0.0397. The van der Waals surface area contributed by atoms with Gasteiger partial charge in [-0.2, -0.15) is 31.3 Å². The first-order chi connectivity index (χ1) is 9.18. The zero-order valence-corrected chi connectivity index (χ0v) is 9.34. The summed E-state index contributed by atoms with van der Waals surface area (Å²) >= 11 is 0. The van der Waals surface area contributed by atoms with E-state index in [4.69, 9.17) is 0 Å². The van der Waals surface area contributed by atoms with Crippen molar-refractivity contribution in [1.82, 2.24) is 4.98 Å². The minimum Gasteiger partial charge on any atom is -0.417 e. The van der Waals surface area contributed by atoms with Crippen LogP contribution < -0.4 is 4.74 Å². The van der Waals surface area contributed by atoms with Gasteiger partial charge in [0.15, 0.2) is 0 Å². The molecule has 0 aliphatic heterocycles. The second-order valence-corrected chi connectivity index (χ2v) is 3.55. The highest BCUT2D eigenvalue weighted by atomic mass is 19.4. The fourth-order valence-corrected chi connectivity index (χ4v) is 1.34. The van der Waals surface area contributed by atoms with Crippen molar-refractivity contribution < 1.29 is 35.5 Å². The molecule has 0 atom stereocenters. The van der Waals surface area contributed by atoms with Crippen molar-refractivity contribution in [2.24, 2.45) is 0 Å². The molecule has 0 saturated heterocycles. The number of nitrogens with zero attached hydrogens (tertiary/aromatic N) is 1. The molecular formula is C11H4F6NO2. The topological polar surface area (TPSA) is 35.3 Å². The van der Waals surface area contributed by atoms with Crippen LogP contribution in [0.3, 0.4) is 0 Å². The summed E-state index contributed by atoms with van der Waals surface area (Å²) in [5.74, 6) is -0.846. The number of alkyl halides is 6. The van der Waals surface area contributed by atoms with Crippen LogP contribution in [-0.2, 0) is 12.4 Å². The summed E-state index contributed by atoms with van der Waals surface area (Å²) in [6, 6.07) is 0.981. The Kier molecular flexibility index (Phi) is 3.36. The van der Waals surface area contributed by atoms with E-state index in [0.29, 0.717) is 12.1 Å². The maximum atomic E-state index is 12.7. The normalized spacial score (nSPS) is 12.5. The molecule has 20 heavy (non-hydrogen) atoms. The highest BCUT2D eigenvalue weighted by molar-refractivity contribution is 5.41. The van der Waals surface area contributed by atoms with Crippen LogP contribution in [0.1, 0.15) is 11.1 Å². The number of ether oxygens (including phenoxy) is 1. The number of aromatic nitrogens is 1. The van der Waals surface area contributed by atoms with Crippen LogP contribution in [0.15, 0.2) is 28.9 Å². The number of hydrogen-bond acceptors (Lipinski definition) is 3. The van der Waals surface area contributed by atoms with Gasteiger partial charge in [0.25, 0.3) is 0 Å². The summed E-state index contributed by atoms with van der Waals surface area (Å²) in [5.41, 5.74) is -3.01. The summed E-state index contributed by atoms with van der Waals surface area (Å²) < 4.78 is 84.7. The van der Waals surface area contributed by atoms with Gasteiger partial charge in [-0.25, -0.2) is 0 Å². The van der Waals surface area contributed by atoms with Gasteiger partial charge in [0.05, 0.1) is 11.1 Å². The summed E-state index contributed by atoms with van der Waals surface area (Å²) in [6.07, 6.45) is -7.41. The van der Waals surface area contributed by atoms with Gasteiger partial charge in [-0.1, -0.05) is 0 Å². The monoisotopic (exact) mass is 296 g/mol. The molecule has 107 valence electrons. The van der Waals surface area contributed by atoms with E-state index in [0.717, 1.165) is 6.26 Å². The largest absolute Gasteiger partial charge is 0.420 e. The highest BCUT2D eigenvalue weighted by Gasteiger charge is 2.39. The lowest BCUT2D eigenvalue weighted by molar-refractivity contribution is -0.143. The SMILES string of the molecule is FC(F)(F)c1ccc(Oc2n[c]co2)c(C(F)(F)F)c1. The van der Waals surface area contributed by atoms with Crippen molar-refractivity contribution in [3.05, 3.63) is 41.8 Å². The van der Waals surface area contributed by atoms with Crippen LogP contribution in [0.25, 0.3) is 0 Å². The van der Waals surface area contributed by atoms with E-state index in [2.05, 4.69) is 20.3 Å². The van der Waals surface area contributed by atoms with E-state index >= 15 is 0 Å². The van der Waals surface area contributed by atoms with Crippen LogP contribution in [0.2, 0.25) is 0 Å². The Labute approximate surface area is 107 Å². The van der Waals surface area contributed by atoms with E-state index in [1.807, 2.05) is 0 Å². The molecule has 0 spiro atoms. The maximum Gasteiger partial charge on any atom is 0.420 e. The molecule has 1 heterocycles. The van der Waals surface area contributed by atoms with Gasteiger partial charge in [-0.15, -0.1) is 0 Å². The standard InChI is InChI=1S/C11H4F6NO2/c12-10(13,14)6-1-2-8(7(5-6)11(15,16)17)20-9-18-3-4-19-9/h1-2,4-5H. The molecule has 1 aromatic carbocycles. The number of halogens is 6. The van der Waals surface area contributed by atoms with E-state index < -0.39 is 35.3 Å². The smallest absolute Gasteiger partial charge is 0.417 e. The van der Waals surface area contributed by atoms with Crippen LogP contribution in [-0.4, -0.2) is 4.98 Å². The van der Waals surface area contributed by atoms with Crippen molar-refractivity contribution in [1.29, 1.82) is 0 Å². The molecule has 0 aliphatic rings. The van der Waals surface area contributed by atoms with Gasteiger partial charge < -0.3 is 9.15 Å². The molecule has 0 bridgehead atoms. The summed E-state index contributed by atoms with van der Waals surface area (Å²) in [6.45, 7) is 0. The van der Waals surface area contributed by atoms with E-state index in [1.54, 1.807) is 0 Å². The van der Waals surface area contributed by atoms with Gasteiger partial charge >= 0.3 is 18.4 Å². The molecule has 0 aliphatic carbocycles. The molecule has 0 fully saturated rings. The van der Waals surface area contributed by atoms with Crippen molar-refractivity contribution in [3.8, 4) is 11.8 Å². The molecule has 0 unspecified atom stereocenters. The molecular weight excluding hydrogens is 292 g/mol. The Balaban J connectivity index is 2.46. The van der Waals surface area contributed by atoms with Crippen molar-refractivity contribution in [2.75, 3.05) is 0 Å². The third kappa shape index (κ3) is 3.03. The van der Waals surface area contributed by atoms with Gasteiger partial charge in [0.1, 0.15) is 18.2 Å². The van der Waals surface area contributed by atoms with Crippen LogP contribution in [0.4, 0.5) is 26.3 Å². The number of benzene rings is 1. The van der Waals surface area contributed by atoms with Crippen molar-refractivity contribution >= 4 is 0 Å². The zero-order valence-electron chi connectivity index (χ0n) is 9.34. The molecule has 0 saturated carbocycles. The van der Waals surface area contributed by atoms with Crippen LogP contribution in [0.5, 0.6) is 11.8 Å². The molecule has 3 nitrogen and oxygen atoms in total. The fourth-order valence-electron chi connectivity index (χ4n) is 1.34. The van der Waals surface area contributed by atoms with Gasteiger partial charge in [0.2, 0.25) is 0 Å². The Bertz CT molecular complexity index is 588. The maximum absolute atomic E-state index is 12.7. The molecule has 0 amide bonds. The molecule has 0 N–H and O–H groups in total. The fraction of sp³-hybridized carbons (Fsp3) is 0.182. The third-order valence-electron chi connectivity index (χ3n) is 2.18. The Morgan fingerprint density at radius 2 is 1.75 bits per heavy atom. The Morgan fingerprint density at radius 3 is 2.25 bits per heavy atom. The second kappa shape index (κ2) is 4.73. The van der Waals surface area contributed by atoms with Crippen LogP contribution >= 0.6 is 0 Å². The highest BCUT2D eigenvalue weighted by Crippen LogP contribution is 2.41. The molecule has 2 rings (SSSR count). The first-order valence-corrected chi connectivity index (χ1v) is 4.96. The van der Waals surface area contributed by atoms with Gasteiger partial charge in [-0.3, -0.25) is 0 Å². The first-order valence-electron chi connectivity index (χ1n) is 4.96. The first kappa shape index (κ1) is 14.2. The third-order valence-corrected chi connectivity index (χ3v) is 2.18. The van der Waals surface area contributed by atoms with Gasteiger partial charge in [0, 0.05) is 0 Å². The number of oxazole rings is 1. The Hall–Kier alpha value is -2.19. The van der Waals surface area contributed by atoms with E-state index in [9.17, 15) is 26.3 Å². The van der Waals surface area contributed by atoms with Gasteiger partial charge in [-0.05, 0) is 18.2 Å². The molecule has 9 heteroatoms. The minimum atomic E-state index is -5.02. The zero-order chi connectivity index (χ0) is 15.0. The van der Waals surface area contributed by atoms with E-state index in [1.165, 1.54) is 0 Å². The lowest BCUT2D eigenvalue weighted by Gasteiger charge is -2.14. The Morgan fingerprint density at radius 1 is 1.05 bits per heavy atom. The second-order valence-electron chi connectivity index (χ2n) is 3.55. The van der Waals surface area contributed by atoms with Crippen LogP contribution in [0, 0.1) is 6.20 Å². The predicted molar refractivity (Wildman–Crippen MR) is 51.9 cm³/mol.